The Hall–Kier alpha value is -1.12. The minimum atomic E-state index is -0.0429. The van der Waals surface area contributed by atoms with Gasteiger partial charge < -0.3 is 4.74 Å². The molecule has 7 atom stereocenters. The SMILES string of the molecule is CCC(=O)O[C@@H]1CC[C@H]2[C@@H]3[C@@H](C)CC4=CC(=O)CC[C@]4(C)[C@H]3CC[C@]12C. The lowest BCUT2D eigenvalue weighted by Gasteiger charge is -2.59. The standard InChI is InChI=1S/C23H34O3/c1-5-20(25)26-19-7-6-17-21-14(2)12-15-13-16(24)8-10-22(15,3)18(21)9-11-23(17,19)4/h13-14,17-19,21H,5-12H2,1-4H3/t14-,17-,18-,19+,21-,22-,23-/m0/s1. The molecule has 4 rings (SSSR count). The quantitative estimate of drug-likeness (QED) is 0.646. The first kappa shape index (κ1) is 18.3. The molecule has 0 aromatic carbocycles. The summed E-state index contributed by atoms with van der Waals surface area (Å²) in [4.78, 5) is 23.9. The number of ether oxygens (including phenoxy) is 1. The zero-order chi connectivity index (χ0) is 18.7. The molecule has 3 heteroatoms. The lowest BCUT2D eigenvalue weighted by Crippen LogP contribution is -2.54. The van der Waals surface area contributed by atoms with Crippen LogP contribution in [-0.2, 0) is 14.3 Å². The van der Waals surface area contributed by atoms with Crippen LogP contribution in [0.25, 0.3) is 0 Å². The van der Waals surface area contributed by atoms with Crippen molar-refractivity contribution < 1.29 is 14.3 Å². The van der Waals surface area contributed by atoms with Crippen LogP contribution < -0.4 is 0 Å². The molecule has 0 unspecified atom stereocenters. The number of esters is 1. The maximum atomic E-state index is 12.0. The highest BCUT2D eigenvalue weighted by Crippen LogP contribution is 2.66. The zero-order valence-corrected chi connectivity index (χ0v) is 16.8. The Kier molecular flexibility index (Phi) is 4.36. The second kappa shape index (κ2) is 6.21. The molecule has 0 heterocycles. The number of hydrogen-bond acceptors (Lipinski definition) is 3. The van der Waals surface area contributed by atoms with Gasteiger partial charge in [0.05, 0.1) is 0 Å². The first-order valence-corrected chi connectivity index (χ1v) is 10.7. The lowest BCUT2D eigenvalue weighted by molar-refractivity contribution is -0.160. The van der Waals surface area contributed by atoms with E-state index < -0.39 is 0 Å². The monoisotopic (exact) mass is 358 g/mol. The molecule has 0 aromatic rings. The van der Waals surface area contributed by atoms with Crippen molar-refractivity contribution in [1.82, 2.24) is 0 Å². The summed E-state index contributed by atoms with van der Waals surface area (Å²) in [6.45, 7) is 9.10. The first-order valence-electron chi connectivity index (χ1n) is 10.7. The topological polar surface area (TPSA) is 43.4 Å². The Morgan fingerprint density at radius 1 is 1.19 bits per heavy atom. The van der Waals surface area contributed by atoms with Gasteiger partial charge in [-0.15, -0.1) is 0 Å². The molecule has 3 saturated carbocycles. The summed E-state index contributed by atoms with van der Waals surface area (Å²) in [7, 11) is 0. The van der Waals surface area contributed by atoms with Crippen molar-refractivity contribution >= 4 is 11.8 Å². The molecule has 0 aromatic heterocycles. The van der Waals surface area contributed by atoms with Crippen LogP contribution in [0.15, 0.2) is 11.6 Å². The predicted molar refractivity (Wildman–Crippen MR) is 101 cm³/mol. The van der Waals surface area contributed by atoms with Crippen molar-refractivity contribution in [3.05, 3.63) is 11.6 Å². The van der Waals surface area contributed by atoms with Gasteiger partial charge in [0.1, 0.15) is 6.10 Å². The van der Waals surface area contributed by atoms with Crippen molar-refractivity contribution in [1.29, 1.82) is 0 Å². The maximum Gasteiger partial charge on any atom is 0.305 e. The van der Waals surface area contributed by atoms with E-state index in [0.717, 1.165) is 32.1 Å². The minimum absolute atomic E-state index is 0.0429. The second-order valence-electron chi connectivity index (χ2n) is 9.98. The normalized spacial score (nSPS) is 47.5. The van der Waals surface area contributed by atoms with E-state index in [9.17, 15) is 9.59 Å². The largest absolute Gasteiger partial charge is 0.462 e. The number of rotatable bonds is 2. The van der Waals surface area contributed by atoms with Gasteiger partial charge in [0.2, 0.25) is 0 Å². The average Bonchev–Trinajstić information content (AvgIpc) is 2.93. The van der Waals surface area contributed by atoms with Crippen LogP contribution in [0.5, 0.6) is 0 Å². The van der Waals surface area contributed by atoms with Crippen LogP contribution >= 0.6 is 0 Å². The van der Waals surface area contributed by atoms with Gasteiger partial charge >= 0.3 is 5.97 Å². The second-order valence-corrected chi connectivity index (χ2v) is 9.98. The van der Waals surface area contributed by atoms with E-state index in [0.29, 0.717) is 35.9 Å². The molecular formula is C23H34O3. The summed E-state index contributed by atoms with van der Waals surface area (Å²) >= 11 is 0. The highest BCUT2D eigenvalue weighted by Gasteiger charge is 2.61. The van der Waals surface area contributed by atoms with Crippen molar-refractivity contribution in [2.45, 2.75) is 85.2 Å². The molecule has 0 bridgehead atoms. The predicted octanol–water partition coefficient (Wildman–Crippen LogP) is 5.09. The summed E-state index contributed by atoms with van der Waals surface area (Å²) in [5.74, 6) is 2.95. The highest BCUT2D eigenvalue weighted by atomic mass is 16.5. The third kappa shape index (κ3) is 2.52. The molecule has 0 saturated heterocycles. The average molecular weight is 359 g/mol. The van der Waals surface area contributed by atoms with Crippen molar-refractivity contribution in [3.8, 4) is 0 Å². The van der Waals surface area contributed by atoms with Crippen LogP contribution in [0, 0.1) is 34.5 Å². The fraction of sp³-hybridized carbons (Fsp3) is 0.826. The molecule has 3 fully saturated rings. The Morgan fingerprint density at radius 3 is 2.69 bits per heavy atom. The number of hydrogen-bond donors (Lipinski definition) is 0. The van der Waals surface area contributed by atoms with Gasteiger partial charge in [-0.25, -0.2) is 0 Å². The minimum Gasteiger partial charge on any atom is -0.462 e. The molecule has 3 nitrogen and oxygen atoms in total. The third-order valence-electron chi connectivity index (χ3n) is 8.78. The summed E-state index contributed by atoms with van der Waals surface area (Å²) in [6.07, 6.45) is 9.98. The van der Waals surface area contributed by atoms with Gasteiger partial charge in [0.15, 0.2) is 5.78 Å². The van der Waals surface area contributed by atoms with Crippen LogP contribution in [0.2, 0.25) is 0 Å². The van der Waals surface area contributed by atoms with E-state index in [2.05, 4.69) is 20.8 Å². The van der Waals surface area contributed by atoms with E-state index in [1.807, 2.05) is 13.0 Å². The number of ketones is 1. The van der Waals surface area contributed by atoms with Crippen molar-refractivity contribution in [3.63, 3.8) is 0 Å². The fourth-order valence-electron chi connectivity index (χ4n) is 7.29. The Balaban J connectivity index is 1.64. The van der Waals surface area contributed by atoms with Crippen LogP contribution in [-0.4, -0.2) is 17.9 Å². The molecule has 0 spiro atoms. The van der Waals surface area contributed by atoms with Gasteiger partial charge in [-0.3, -0.25) is 9.59 Å². The van der Waals surface area contributed by atoms with Crippen molar-refractivity contribution in [2.24, 2.45) is 34.5 Å². The van der Waals surface area contributed by atoms with E-state index in [1.165, 1.54) is 18.4 Å². The van der Waals surface area contributed by atoms with Crippen LogP contribution in [0.3, 0.4) is 0 Å². The summed E-state index contributed by atoms with van der Waals surface area (Å²) in [5.41, 5.74) is 1.78. The zero-order valence-electron chi connectivity index (χ0n) is 16.8. The molecule has 0 N–H and O–H groups in total. The van der Waals surface area contributed by atoms with E-state index in [1.54, 1.807) is 0 Å². The molecule has 4 aliphatic rings. The summed E-state index contributed by atoms with van der Waals surface area (Å²) in [6, 6.07) is 0. The summed E-state index contributed by atoms with van der Waals surface area (Å²) < 4.78 is 5.90. The first-order chi connectivity index (χ1) is 12.3. The number of carbonyl (C=O) groups is 2. The van der Waals surface area contributed by atoms with Crippen LogP contribution in [0.4, 0.5) is 0 Å². The highest BCUT2D eigenvalue weighted by molar-refractivity contribution is 5.91. The van der Waals surface area contributed by atoms with Crippen molar-refractivity contribution in [2.75, 3.05) is 0 Å². The summed E-state index contributed by atoms with van der Waals surface area (Å²) in [5, 5.41) is 0. The van der Waals surface area contributed by atoms with Gasteiger partial charge in [-0.2, -0.15) is 0 Å². The lowest BCUT2D eigenvalue weighted by atomic mass is 9.45. The van der Waals surface area contributed by atoms with Crippen LogP contribution in [0.1, 0.15) is 79.1 Å². The molecule has 26 heavy (non-hydrogen) atoms. The Morgan fingerprint density at radius 2 is 1.96 bits per heavy atom. The third-order valence-corrected chi connectivity index (χ3v) is 8.78. The van der Waals surface area contributed by atoms with Gasteiger partial charge in [-0.05, 0) is 73.7 Å². The molecule has 4 aliphatic carbocycles. The molecule has 0 aliphatic heterocycles. The van der Waals surface area contributed by atoms with Gasteiger partial charge in [0.25, 0.3) is 0 Å². The Labute approximate surface area is 157 Å². The van der Waals surface area contributed by atoms with E-state index in [-0.39, 0.29) is 22.9 Å². The molecule has 144 valence electrons. The maximum absolute atomic E-state index is 12.0. The van der Waals surface area contributed by atoms with Gasteiger partial charge in [-0.1, -0.05) is 33.3 Å². The van der Waals surface area contributed by atoms with E-state index >= 15 is 0 Å². The number of allylic oxidation sites excluding steroid dienone is 1. The number of fused-ring (bicyclic) bond motifs is 5. The van der Waals surface area contributed by atoms with Gasteiger partial charge in [0, 0.05) is 18.3 Å². The molecule has 0 amide bonds. The molecule has 0 radical (unpaired) electrons. The smallest absolute Gasteiger partial charge is 0.305 e. The molecular weight excluding hydrogens is 324 g/mol. The number of carbonyl (C=O) groups excluding carboxylic acids is 2. The Bertz CT molecular complexity index is 650. The van der Waals surface area contributed by atoms with E-state index in [4.69, 9.17) is 4.74 Å². The fourth-order valence-corrected chi connectivity index (χ4v) is 7.29.